The van der Waals surface area contributed by atoms with E-state index in [0.717, 1.165) is 45.3 Å². The van der Waals surface area contributed by atoms with Gasteiger partial charge in [-0.25, -0.2) is 4.79 Å². The number of carbonyl (C=O) groups excluding carboxylic acids is 1. The van der Waals surface area contributed by atoms with Crippen LogP contribution in [0.3, 0.4) is 0 Å². The second kappa shape index (κ2) is 7.64. The van der Waals surface area contributed by atoms with Crippen molar-refractivity contribution in [3.8, 4) is 0 Å². The Bertz CT molecular complexity index is 367. The number of aliphatic hydroxyl groups is 1. The van der Waals surface area contributed by atoms with Crippen LogP contribution in [0.4, 0.5) is 4.79 Å². The highest BCUT2D eigenvalue weighted by atomic mass is 16.6. The van der Waals surface area contributed by atoms with Gasteiger partial charge >= 0.3 is 6.09 Å². The van der Waals surface area contributed by atoms with E-state index in [-0.39, 0.29) is 12.7 Å². The van der Waals surface area contributed by atoms with Crippen LogP contribution in [0.25, 0.3) is 0 Å². The van der Waals surface area contributed by atoms with Crippen LogP contribution in [0.1, 0.15) is 52.9 Å². The van der Waals surface area contributed by atoms with E-state index in [9.17, 15) is 9.90 Å². The molecule has 0 aromatic heterocycles. The average Bonchev–Trinajstić information content (AvgIpc) is 2.91. The molecular weight excluding hydrogens is 280 g/mol. The summed E-state index contributed by atoms with van der Waals surface area (Å²) in [5.74, 6) is 0.895. The van der Waals surface area contributed by atoms with Crippen LogP contribution >= 0.6 is 0 Å². The van der Waals surface area contributed by atoms with Gasteiger partial charge in [0.15, 0.2) is 0 Å². The Morgan fingerprint density at radius 1 is 1.27 bits per heavy atom. The van der Waals surface area contributed by atoms with Gasteiger partial charge in [0.2, 0.25) is 0 Å². The summed E-state index contributed by atoms with van der Waals surface area (Å²) in [6.07, 6.45) is 5.50. The van der Waals surface area contributed by atoms with E-state index in [0.29, 0.717) is 17.9 Å². The number of carbonyl (C=O) groups is 1. The molecular formula is C17H32N2O3. The molecule has 128 valence electrons. The summed E-state index contributed by atoms with van der Waals surface area (Å²) in [5.41, 5.74) is -0.430. The molecule has 1 saturated heterocycles. The van der Waals surface area contributed by atoms with Gasteiger partial charge in [-0.05, 0) is 64.8 Å². The van der Waals surface area contributed by atoms with Crippen LogP contribution in [0.15, 0.2) is 0 Å². The number of aliphatic hydroxyl groups excluding tert-OH is 1. The highest BCUT2D eigenvalue weighted by Crippen LogP contribution is 2.26. The summed E-state index contributed by atoms with van der Waals surface area (Å²) in [4.78, 5) is 14.0. The standard InChI is InChI=1S/C17H32N2O3/c1-17(2,3)22-16(21)19-9-5-6-13(11-19)10-18-15-8-4-7-14(15)12-20/h13-15,18,20H,4-12H2,1-3H3. The molecule has 3 atom stereocenters. The first-order valence-corrected chi connectivity index (χ1v) is 8.71. The zero-order valence-electron chi connectivity index (χ0n) is 14.3. The Balaban J connectivity index is 1.77. The van der Waals surface area contributed by atoms with Gasteiger partial charge in [0.05, 0.1) is 0 Å². The normalized spacial score (nSPS) is 29.6. The zero-order valence-corrected chi connectivity index (χ0v) is 14.3. The van der Waals surface area contributed by atoms with E-state index in [1.165, 1.54) is 6.42 Å². The summed E-state index contributed by atoms with van der Waals surface area (Å²) in [6.45, 7) is 8.51. The minimum absolute atomic E-state index is 0.189. The molecule has 0 spiro atoms. The highest BCUT2D eigenvalue weighted by Gasteiger charge is 2.30. The van der Waals surface area contributed by atoms with Crippen LogP contribution in [0.5, 0.6) is 0 Å². The second-order valence-corrected chi connectivity index (χ2v) is 7.82. The Morgan fingerprint density at radius 2 is 2.05 bits per heavy atom. The monoisotopic (exact) mass is 312 g/mol. The number of nitrogens with zero attached hydrogens (tertiary/aromatic N) is 1. The number of hydrogen-bond acceptors (Lipinski definition) is 4. The number of nitrogens with one attached hydrogen (secondary N) is 1. The molecule has 0 aromatic carbocycles. The largest absolute Gasteiger partial charge is 0.444 e. The van der Waals surface area contributed by atoms with Crippen molar-refractivity contribution >= 4 is 6.09 Å². The average molecular weight is 312 g/mol. The van der Waals surface area contributed by atoms with Crippen molar-refractivity contribution < 1.29 is 14.6 Å². The van der Waals surface area contributed by atoms with E-state index in [4.69, 9.17) is 4.74 Å². The van der Waals surface area contributed by atoms with Gasteiger partial charge in [-0.1, -0.05) is 6.42 Å². The molecule has 2 aliphatic rings. The van der Waals surface area contributed by atoms with Gasteiger partial charge < -0.3 is 20.1 Å². The zero-order chi connectivity index (χ0) is 16.2. The summed E-state index contributed by atoms with van der Waals surface area (Å²) in [6, 6.07) is 0.446. The first kappa shape index (κ1) is 17.5. The van der Waals surface area contributed by atoms with Crippen LogP contribution in [-0.2, 0) is 4.74 Å². The molecule has 1 amide bonds. The molecule has 0 bridgehead atoms. The quantitative estimate of drug-likeness (QED) is 0.837. The molecule has 1 aliphatic carbocycles. The molecule has 1 aliphatic heterocycles. The number of ether oxygens (including phenoxy) is 1. The van der Waals surface area contributed by atoms with E-state index in [2.05, 4.69) is 5.32 Å². The molecule has 0 radical (unpaired) electrons. The van der Waals surface area contributed by atoms with Crippen molar-refractivity contribution in [3.05, 3.63) is 0 Å². The molecule has 5 heteroatoms. The molecule has 2 fully saturated rings. The van der Waals surface area contributed by atoms with E-state index < -0.39 is 5.60 Å². The molecule has 3 unspecified atom stereocenters. The second-order valence-electron chi connectivity index (χ2n) is 7.82. The third kappa shape index (κ3) is 5.13. The maximum absolute atomic E-state index is 12.2. The van der Waals surface area contributed by atoms with E-state index in [1.54, 1.807) is 0 Å². The fourth-order valence-electron chi connectivity index (χ4n) is 3.57. The maximum atomic E-state index is 12.2. The lowest BCUT2D eigenvalue weighted by Crippen LogP contribution is -2.46. The third-order valence-electron chi connectivity index (χ3n) is 4.73. The van der Waals surface area contributed by atoms with Crippen molar-refractivity contribution in [3.63, 3.8) is 0 Å². The summed E-state index contributed by atoms with van der Waals surface area (Å²) >= 11 is 0. The Morgan fingerprint density at radius 3 is 2.73 bits per heavy atom. The van der Waals surface area contributed by atoms with Gasteiger partial charge in [-0.15, -0.1) is 0 Å². The number of piperidine rings is 1. The fourth-order valence-corrected chi connectivity index (χ4v) is 3.57. The predicted molar refractivity (Wildman–Crippen MR) is 86.7 cm³/mol. The lowest BCUT2D eigenvalue weighted by molar-refractivity contribution is 0.0164. The minimum atomic E-state index is -0.430. The molecule has 1 heterocycles. The highest BCUT2D eigenvalue weighted by molar-refractivity contribution is 5.68. The van der Waals surface area contributed by atoms with Crippen molar-refractivity contribution in [1.82, 2.24) is 10.2 Å². The lowest BCUT2D eigenvalue weighted by Gasteiger charge is -2.35. The van der Waals surface area contributed by atoms with Crippen LogP contribution in [0.2, 0.25) is 0 Å². The molecule has 2 N–H and O–H groups in total. The SMILES string of the molecule is CC(C)(C)OC(=O)N1CCCC(CNC2CCCC2CO)C1. The molecule has 1 saturated carbocycles. The summed E-state index contributed by atoms with van der Waals surface area (Å²) in [5, 5.41) is 13.0. The van der Waals surface area contributed by atoms with Crippen molar-refractivity contribution in [2.45, 2.75) is 64.5 Å². The maximum Gasteiger partial charge on any atom is 0.410 e. The molecule has 22 heavy (non-hydrogen) atoms. The van der Waals surface area contributed by atoms with E-state index >= 15 is 0 Å². The first-order valence-electron chi connectivity index (χ1n) is 8.71. The van der Waals surface area contributed by atoms with Gasteiger partial charge in [0.25, 0.3) is 0 Å². The predicted octanol–water partition coefficient (Wildman–Crippen LogP) is 2.38. The number of amides is 1. The Hall–Kier alpha value is -0.810. The van der Waals surface area contributed by atoms with Crippen molar-refractivity contribution in [2.75, 3.05) is 26.2 Å². The van der Waals surface area contributed by atoms with Gasteiger partial charge in [-0.2, -0.15) is 0 Å². The van der Waals surface area contributed by atoms with Gasteiger partial charge in [-0.3, -0.25) is 0 Å². The minimum Gasteiger partial charge on any atom is -0.444 e. The van der Waals surface area contributed by atoms with Crippen LogP contribution in [-0.4, -0.2) is 54.0 Å². The fraction of sp³-hybridized carbons (Fsp3) is 0.941. The smallest absolute Gasteiger partial charge is 0.410 e. The van der Waals surface area contributed by atoms with Crippen molar-refractivity contribution in [1.29, 1.82) is 0 Å². The van der Waals surface area contributed by atoms with Gasteiger partial charge in [0, 0.05) is 25.7 Å². The molecule has 5 nitrogen and oxygen atoms in total. The lowest BCUT2D eigenvalue weighted by atomic mass is 9.97. The topological polar surface area (TPSA) is 61.8 Å². The Kier molecular flexibility index (Phi) is 6.09. The van der Waals surface area contributed by atoms with E-state index in [1.807, 2.05) is 25.7 Å². The first-order chi connectivity index (χ1) is 10.4. The molecule has 0 aromatic rings. The van der Waals surface area contributed by atoms with Crippen LogP contribution < -0.4 is 5.32 Å². The van der Waals surface area contributed by atoms with Crippen molar-refractivity contribution in [2.24, 2.45) is 11.8 Å². The summed E-state index contributed by atoms with van der Waals surface area (Å²) < 4.78 is 5.47. The number of rotatable bonds is 4. The third-order valence-corrected chi connectivity index (χ3v) is 4.73. The Labute approximate surface area is 134 Å². The number of hydrogen-bond donors (Lipinski definition) is 2. The molecule has 2 rings (SSSR count). The van der Waals surface area contributed by atoms with Gasteiger partial charge in [0.1, 0.15) is 5.60 Å². The number of likely N-dealkylation sites (tertiary alicyclic amines) is 1. The summed E-state index contributed by atoms with van der Waals surface area (Å²) in [7, 11) is 0. The van der Waals surface area contributed by atoms with Crippen LogP contribution in [0, 0.1) is 11.8 Å².